The third-order valence-corrected chi connectivity index (χ3v) is 10.3. The molecule has 0 amide bonds. The Morgan fingerprint density at radius 2 is 2.13 bits per heavy atom. The monoisotopic (exact) mass is 313 g/mol. The summed E-state index contributed by atoms with van der Waals surface area (Å²) >= 11 is 0. The molecule has 0 aromatic rings. The average Bonchev–Trinajstić information content (AvgIpc) is 2.98. The van der Waals surface area contributed by atoms with Gasteiger partial charge in [-0.05, 0) is 60.7 Å². The van der Waals surface area contributed by atoms with Gasteiger partial charge in [-0.25, -0.2) is 0 Å². The van der Waals surface area contributed by atoms with Crippen LogP contribution in [0.3, 0.4) is 0 Å². The fourth-order valence-electron chi connectivity index (χ4n) is 10.5. The minimum absolute atomic E-state index is 0.145. The maximum absolute atomic E-state index is 11.3. The number of rotatable bonds is 1. The lowest BCUT2D eigenvalue weighted by Crippen LogP contribution is -2.64. The summed E-state index contributed by atoms with van der Waals surface area (Å²) in [7, 11) is 0. The van der Waals surface area contributed by atoms with Gasteiger partial charge >= 0.3 is 0 Å². The molecule has 0 aromatic carbocycles. The number of fused-ring (bicyclic) bond motifs is 1. The third-order valence-electron chi connectivity index (χ3n) is 10.3. The highest BCUT2D eigenvalue weighted by Crippen LogP contribution is 2.87. The molecule has 124 valence electrons. The van der Waals surface area contributed by atoms with Gasteiger partial charge in [-0.2, -0.15) is 0 Å². The lowest BCUT2D eigenvalue weighted by molar-refractivity contribution is -0.180. The number of nitrogens with zero attached hydrogens (tertiary/aromatic N) is 1. The highest BCUT2D eigenvalue weighted by Gasteiger charge is 2.88. The number of hydrogen-bond acceptors (Lipinski definition) is 3. The maximum atomic E-state index is 11.3. The third kappa shape index (κ3) is 0.950. The molecule has 11 unspecified atom stereocenters. The number of aliphatic hydroxyl groups excluding tert-OH is 2. The standard InChI is InChI=1S/C20H27NO2/c1-10-6-19-7-13-15-18(9-22)3-2-4-20(15)16(19)14(23)11(10)5-12(19)17(20)21(13)8-18/h11-17,22-23H,1-9H2. The Balaban J connectivity index is 1.52. The molecule has 9 fully saturated rings. The first kappa shape index (κ1) is 12.9. The van der Waals surface area contributed by atoms with Crippen molar-refractivity contribution in [2.24, 2.45) is 39.9 Å². The van der Waals surface area contributed by atoms with Gasteiger partial charge in [0.25, 0.3) is 0 Å². The van der Waals surface area contributed by atoms with E-state index in [0.29, 0.717) is 41.2 Å². The number of hydrogen-bond donors (Lipinski definition) is 2. The normalized spacial score (nSPS) is 72.3. The van der Waals surface area contributed by atoms with E-state index in [0.717, 1.165) is 18.5 Å². The van der Waals surface area contributed by atoms with Crippen LogP contribution in [0.2, 0.25) is 0 Å². The predicted octanol–water partition coefficient (Wildman–Crippen LogP) is 1.79. The Hall–Kier alpha value is -0.380. The van der Waals surface area contributed by atoms with E-state index >= 15 is 0 Å². The van der Waals surface area contributed by atoms with Crippen LogP contribution in [0.25, 0.3) is 0 Å². The van der Waals surface area contributed by atoms with E-state index in [1.54, 1.807) is 0 Å². The molecule has 2 N–H and O–H groups in total. The molecule has 2 spiro atoms. The van der Waals surface area contributed by atoms with Crippen LogP contribution in [0.4, 0.5) is 0 Å². The Morgan fingerprint density at radius 3 is 2.96 bits per heavy atom. The van der Waals surface area contributed by atoms with Gasteiger partial charge in [-0.15, -0.1) is 0 Å². The predicted molar refractivity (Wildman–Crippen MR) is 85.5 cm³/mol. The molecular weight excluding hydrogens is 286 g/mol. The van der Waals surface area contributed by atoms with Crippen LogP contribution in [0, 0.1) is 39.9 Å². The molecule has 23 heavy (non-hydrogen) atoms. The van der Waals surface area contributed by atoms with Gasteiger partial charge in [0.15, 0.2) is 0 Å². The van der Waals surface area contributed by atoms with E-state index in [1.807, 2.05) is 0 Å². The molecule has 9 bridgehead atoms. The van der Waals surface area contributed by atoms with Crippen molar-refractivity contribution >= 4 is 0 Å². The summed E-state index contributed by atoms with van der Waals surface area (Å²) < 4.78 is 0. The Labute approximate surface area is 137 Å². The maximum Gasteiger partial charge on any atom is 0.0645 e. The van der Waals surface area contributed by atoms with E-state index < -0.39 is 0 Å². The zero-order chi connectivity index (χ0) is 15.4. The van der Waals surface area contributed by atoms with Crippen molar-refractivity contribution in [3.05, 3.63) is 12.2 Å². The van der Waals surface area contributed by atoms with E-state index in [4.69, 9.17) is 0 Å². The van der Waals surface area contributed by atoms with Crippen LogP contribution in [0.5, 0.6) is 0 Å². The van der Waals surface area contributed by atoms with Crippen LogP contribution in [-0.4, -0.2) is 46.5 Å². The van der Waals surface area contributed by atoms with E-state index in [-0.39, 0.29) is 11.5 Å². The summed E-state index contributed by atoms with van der Waals surface area (Å²) in [6, 6.07) is 1.43. The lowest BCUT2D eigenvalue weighted by Gasteiger charge is -2.64. The lowest BCUT2D eigenvalue weighted by atomic mass is 9.40. The summed E-state index contributed by atoms with van der Waals surface area (Å²) in [5.74, 6) is 2.35. The van der Waals surface area contributed by atoms with Gasteiger partial charge < -0.3 is 10.2 Å². The zero-order valence-corrected chi connectivity index (χ0v) is 13.7. The van der Waals surface area contributed by atoms with E-state index in [9.17, 15) is 10.2 Å². The van der Waals surface area contributed by atoms with Crippen molar-refractivity contribution in [1.29, 1.82) is 0 Å². The first-order valence-corrected chi connectivity index (χ1v) is 9.81. The molecular formula is C20H27NO2. The quantitative estimate of drug-likeness (QED) is 0.726. The summed E-state index contributed by atoms with van der Waals surface area (Å²) in [6.07, 6.45) is 7.34. The minimum Gasteiger partial charge on any atom is -0.396 e. The molecule has 3 saturated heterocycles. The van der Waals surface area contributed by atoms with Gasteiger partial charge in [-0.3, -0.25) is 4.90 Å². The van der Waals surface area contributed by atoms with Gasteiger partial charge in [-0.1, -0.05) is 18.6 Å². The Morgan fingerprint density at radius 1 is 1.26 bits per heavy atom. The molecule has 0 radical (unpaired) electrons. The van der Waals surface area contributed by atoms with Crippen molar-refractivity contribution in [2.45, 2.75) is 56.7 Å². The van der Waals surface area contributed by atoms with Crippen molar-refractivity contribution in [3.8, 4) is 0 Å². The summed E-state index contributed by atoms with van der Waals surface area (Å²) in [5.41, 5.74) is 2.22. The van der Waals surface area contributed by atoms with Gasteiger partial charge in [0.2, 0.25) is 0 Å². The minimum atomic E-state index is -0.145. The average molecular weight is 313 g/mol. The fourth-order valence-corrected chi connectivity index (χ4v) is 10.5. The highest BCUT2D eigenvalue weighted by molar-refractivity contribution is 5.41. The van der Waals surface area contributed by atoms with Gasteiger partial charge in [0.1, 0.15) is 0 Å². The topological polar surface area (TPSA) is 43.7 Å². The summed E-state index contributed by atoms with van der Waals surface area (Å²) in [4.78, 5) is 2.85. The molecule has 3 aliphatic heterocycles. The van der Waals surface area contributed by atoms with Crippen LogP contribution in [0.15, 0.2) is 12.2 Å². The molecule has 0 aromatic heterocycles. The second-order valence-corrected chi connectivity index (χ2v) is 10.3. The Bertz CT molecular complexity index is 662. The smallest absolute Gasteiger partial charge is 0.0645 e. The van der Waals surface area contributed by atoms with E-state index in [1.165, 1.54) is 44.1 Å². The second-order valence-electron chi connectivity index (χ2n) is 10.3. The molecule has 9 rings (SSSR count). The first-order chi connectivity index (χ1) is 11.1. The van der Waals surface area contributed by atoms with Crippen LogP contribution in [-0.2, 0) is 0 Å². The molecule has 3 heterocycles. The van der Waals surface area contributed by atoms with Crippen molar-refractivity contribution < 1.29 is 10.2 Å². The summed E-state index contributed by atoms with van der Waals surface area (Å²) in [5, 5.41) is 21.7. The van der Waals surface area contributed by atoms with Crippen LogP contribution >= 0.6 is 0 Å². The molecule has 3 nitrogen and oxygen atoms in total. The molecule has 6 saturated carbocycles. The van der Waals surface area contributed by atoms with Gasteiger partial charge in [0, 0.05) is 30.0 Å². The molecule has 9 aliphatic rings. The number of aliphatic hydroxyl groups is 2. The van der Waals surface area contributed by atoms with Crippen molar-refractivity contribution in [2.75, 3.05) is 13.2 Å². The Kier molecular flexibility index (Phi) is 1.86. The highest BCUT2D eigenvalue weighted by atomic mass is 16.3. The molecule has 11 atom stereocenters. The van der Waals surface area contributed by atoms with Gasteiger partial charge in [0.05, 0.1) is 12.7 Å². The second kappa shape index (κ2) is 3.32. The largest absolute Gasteiger partial charge is 0.396 e. The fraction of sp³-hybridized carbons (Fsp3) is 0.900. The van der Waals surface area contributed by atoms with Crippen molar-refractivity contribution in [1.82, 2.24) is 4.90 Å². The summed E-state index contributed by atoms with van der Waals surface area (Å²) in [6.45, 7) is 5.89. The van der Waals surface area contributed by atoms with Crippen LogP contribution < -0.4 is 0 Å². The van der Waals surface area contributed by atoms with Crippen LogP contribution in [0.1, 0.15) is 38.5 Å². The molecule has 3 heteroatoms. The van der Waals surface area contributed by atoms with E-state index in [2.05, 4.69) is 11.5 Å². The SMILES string of the molecule is C=C1CC23CC4C5C6(CO)CCCC57C(C2CC1C(O)C37)N4C6. The van der Waals surface area contributed by atoms with Crippen molar-refractivity contribution in [3.63, 3.8) is 0 Å². The number of piperidine rings is 2. The first-order valence-electron chi connectivity index (χ1n) is 9.81. The molecule has 6 aliphatic carbocycles. The zero-order valence-electron chi connectivity index (χ0n) is 13.7.